The summed E-state index contributed by atoms with van der Waals surface area (Å²) in [4.78, 5) is 22.5. The maximum atomic E-state index is 12.1. The highest BCUT2D eigenvalue weighted by molar-refractivity contribution is 7.20. The van der Waals surface area contributed by atoms with Crippen LogP contribution in [0.3, 0.4) is 0 Å². The second-order valence-corrected chi connectivity index (χ2v) is 6.56. The van der Waals surface area contributed by atoms with Crippen LogP contribution in [0.5, 0.6) is 0 Å². The number of anilines is 1. The Kier molecular flexibility index (Phi) is 5.27. The topological polar surface area (TPSA) is 82.6 Å². The first-order chi connectivity index (χ1) is 11.6. The van der Waals surface area contributed by atoms with Crippen LogP contribution in [0.25, 0.3) is 10.2 Å². The van der Waals surface area contributed by atoms with Crippen molar-refractivity contribution in [1.29, 1.82) is 0 Å². The number of aromatic nitrogens is 2. The lowest BCUT2D eigenvalue weighted by atomic mass is 10.2. The highest BCUT2D eigenvalue weighted by Crippen LogP contribution is 2.34. The molecule has 7 nitrogen and oxygen atoms in total. The number of fused-ring (bicyclic) bond motifs is 1. The molecule has 24 heavy (non-hydrogen) atoms. The van der Waals surface area contributed by atoms with E-state index in [0.717, 1.165) is 28.0 Å². The lowest BCUT2D eigenvalue weighted by Gasteiger charge is -2.23. The summed E-state index contributed by atoms with van der Waals surface area (Å²) in [7, 11) is 0. The average molecular weight is 351 g/mol. The van der Waals surface area contributed by atoms with Gasteiger partial charge in [-0.05, 0) is 32.8 Å². The minimum Gasteiger partial charge on any atom is -0.462 e. The van der Waals surface area contributed by atoms with Crippen LogP contribution in [0.4, 0.5) is 5.82 Å². The molecule has 1 N–H and O–H groups in total. The van der Waals surface area contributed by atoms with E-state index in [1.54, 1.807) is 6.92 Å². The molecule has 0 saturated carbocycles. The fourth-order valence-electron chi connectivity index (χ4n) is 2.64. The molecule has 0 bridgehead atoms. The van der Waals surface area contributed by atoms with Crippen molar-refractivity contribution in [2.75, 3.05) is 31.9 Å². The number of aryl methyl sites for hydroxylation is 2. The third kappa shape index (κ3) is 3.50. The Morgan fingerprint density at radius 1 is 1.42 bits per heavy atom. The summed E-state index contributed by atoms with van der Waals surface area (Å²) in [6.07, 6.45) is 0.934. The van der Waals surface area contributed by atoms with E-state index in [0.29, 0.717) is 37.3 Å². The zero-order chi connectivity index (χ0) is 17.1. The van der Waals surface area contributed by atoms with Gasteiger partial charge in [0.25, 0.3) is 0 Å². The molecule has 0 aliphatic carbocycles. The average Bonchev–Trinajstić information content (AvgIpc) is 2.90. The van der Waals surface area contributed by atoms with E-state index in [4.69, 9.17) is 14.2 Å². The van der Waals surface area contributed by atoms with E-state index >= 15 is 0 Å². The molecule has 130 valence electrons. The smallest absolute Gasteiger partial charge is 0.348 e. The molecule has 2 aromatic heterocycles. The number of rotatable bonds is 5. The summed E-state index contributed by atoms with van der Waals surface area (Å²) in [5, 5.41) is 4.22. The Bertz CT molecular complexity index is 740. The number of thiophene rings is 1. The van der Waals surface area contributed by atoms with E-state index < -0.39 is 0 Å². The molecule has 1 saturated heterocycles. The molecule has 0 amide bonds. The molecule has 1 atom stereocenters. The second-order valence-electron chi connectivity index (χ2n) is 5.56. The number of nitrogens with zero attached hydrogens (tertiary/aromatic N) is 2. The van der Waals surface area contributed by atoms with Crippen molar-refractivity contribution in [3.63, 3.8) is 0 Å². The van der Waals surface area contributed by atoms with Gasteiger partial charge in [-0.2, -0.15) is 0 Å². The first kappa shape index (κ1) is 17.1. The first-order valence-corrected chi connectivity index (χ1v) is 8.79. The summed E-state index contributed by atoms with van der Waals surface area (Å²) in [6.45, 7) is 7.56. The van der Waals surface area contributed by atoms with Gasteiger partial charge in [0, 0.05) is 6.54 Å². The molecule has 0 spiro atoms. The van der Waals surface area contributed by atoms with Gasteiger partial charge in [-0.3, -0.25) is 0 Å². The Morgan fingerprint density at radius 3 is 2.96 bits per heavy atom. The molecule has 8 heteroatoms. The van der Waals surface area contributed by atoms with Crippen molar-refractivity contribution in [2.24, 2.45) is 0 Å². The van der Waals surface area contributed by atoms with Crippen molar-refractivity contribution >= 4 is 33.3 Å². The zero-order valence-electron chi connectivity index (χ0n) is 14.0. The van der Waals surface area contributed by atoms with Gasteiger partial charge in [-0.25, -0.2) is 14.8 Å². The van der Waals surface area contributed by atoms with Gasteiger partial charge in [0.15, 0.2) is 0 Å². The highest BCUT2D eigenvalue weighted by Gasteiger charge is 2.22. The van der Waals surface area contributed by atoms with Crippen LogP contribution in [-0.2, 0) is 14.2 Å². The Morgan fingerprint density at radius 2 is 2.25 bits per heavy atom. The van der Waals surface area contributed by atoms with E-state index in [-0.39, 0.29) is 12.1 Å². The number of carbonyl (C=O) groups excluding carboxylic acids is 1. The molecule has 3 rings (SSSR count). The number of nitrogens with one attached hydrogen (secondary N) is 1. The van der Waals surface area contributed by atoms with Crippen molar-refractivity contribution in [3.8, 4) is 0 Å². The summed E-state index contributed by atoms with van der Waals surface area (Å²) < 4.78 is 15.9. The van der Waals surface area contributed by atoms with Crippen LogP contribution in [0.1, 0.15) is 34.4 Å². The van der Waals surface area contributed by atoms with Gasteiger partial charge in [-0.1, -0.05) is 0 Å². The summed E-state index contributed by atoms with van der Waals surface area (Å²) in [5.74, 6) is 1.08. The first-order valence-electron chi connectivity index (χ1n) is 7.98. The van der Waals surface area contributed by atoms with Crippen LogP contribution < -0.4 is 5.32 Å². The Hall–Kier alpha value is -1.77. The molecule has 0 radical (unpaired) electrons. The highest BCUT2D eigenvalue weighted by atomic mass is 32.1. The van der Waals surface area contributed by atoms with E-state index in [1.165, 1.54) is 11.3 Å². The largest absolute Gasteiger partial charge is 0.462 e. The van der Waals surface area contributed by atoms with Gasteiger partial charge >= 0.3 is 5.97 Å². The molecule has 1 fully saturated rings. The van der Waals surface area contributed by atoms with E-state index in [2.05, 4.69) is 15.3 Å². The number of carbonyl (C=O) groups is 1. The van der Waals surface area contributed by atoms with E-state index in [9.17, 15) is 4.79 Å². The third-order valence-corrected chi connectivity index (χ3v) is 5.00. The molecule has 0 aromatic carbocycles. The van der Waals surface area contributed by atoms with Crippen LogP contribution in [0, 0.1) is 13.8 Å². The molecule has 2 aromatic rings. The number of hydrogen-bond donors (Lipinski definition) is 1. The summed E-state index contributed by atoms with van der Waals surface area (Å²) in [5.41, 5.74) is 0.851. The van der Waals surface area contributed by atoms with Crippen LogP contribution in [-0.4, -0.2) is 48.6 Å². The van der Waals surface area contributed by atoms with Crippen LogP contribution in [0.15, 0.2) is 0 Å². The Labute approximate surface area is 144 Å². The molecule has 3 heterocycles. The van der Waals surface area contributed by atoms with E-state index in [1.807, 2.05) is 13.8 Å². The molecular weight excluding hydrogens is 330 g/mol. The normalized spacial score (nSPS) is 17.9. The lowest BCUT2D eigenvalue weighted by Crippen LogP contribution is -2.30. The maximum Gasteiger partial charge on any atom is 0.348 e. The number of ether oxygens (including phenoxy) is 3. The van der Waals surface area contributed by atoms with Crippen molar-refractivity contribution < 1.29 is 19.0 Å². The van der Waals surface area contributed by atoms with Gasteiger partial charge in [-0.15, -0.1) is 11.3 Å². The Balaban J connectivity index is 1.90. The molecule has 1 aliphatic heterocycles. The molecular formula is C16H21N3O4S. The van der Waals surface area contributed by atoms with Crippen molar-refractivity contribution in [2.45, 2.75) is 33.3 Å². The maximum absolute atomic E-state index is 12.1. The predicted molar refractivity (Wildman–Crippen MR) is 91.6 cm³/mol. The second kappa shape index (κ2) is 7.42. The molecule has 1 aliphatic rings. The van der Waals surface area contributed by atoms with Gasteiger partial charge in [0.05, 0.1) is 24.7 Å². The minimum atomic E-state index is -0.311. The summed E-state index contributed by atoms with van der Waals surface area (Å²) >= 11 is 1.34. The molecule has 1 unspecified atom stereocenters. The van der Waals surface area contributed by atoms with Gasteiger partial charge in [0.1, 0.15) is 28.1 Å². The van der Waals surface area contributed by atoms with Crippen molar-refractivity contribution in [3.05, 3.63) is 16.3 Å². The fourth-order valence-corrected chi connectivity index (χ4v) is 3.76. The van der Waals surface area contributed by atoms with Gasteiger partial charge < -0.3 is 19.5 Å². The van der Waals surface area contributed by atoms with Crippen molar-refractivity contribution in [1.82, 2.24) is 9.97 Å². The predicted octanol–water partition coefficient (Wildman–Crippen LogP) is 2.66. The SMILES string of the molecule is CCOC(=O)c1sc2nc(C)nc(NCC3CCOCO3)c2c1C. The van der Waals surface area contributed by atoms with Crippen LogP contribution >= 0.6 is 11.3 Å². The fraction of sp³-hybridized carbons (Fsp3) is 0.562. The summed E-state index contributed by atoms with van der Waals surface area (Å²) in [6, 6.07) is 0. The zero-order valence-corrected chi connectivity index (χ0v) is 14.9. The number of esters is 1. The minimum absolute atomic E-state index is 0.0903. The standard InChI is InChI=1S/C16H21N3O4S/c1-4-22-16(20)13-9(2)12-14(18-10(3)19-15(12)24-13)17-7-11-5-6-21-8-23-11/h11H,4-8H2,1-3H3,(H,17,18,19). The van der Waals surface area contributed by atoms with Gasteiger partial charge in [0.2, 0.25) is 0 Å². The van der Waals surface area contributed by atoms with Crippen LogP contribution in [0.2, 0.25) is 0 Å². The quantitative estimate of drug-likeness (QED) is 0.829. The monoisotopic (exact) mass is 351 g/mol. The third-order valence-electron chi connectivity index (χ3n) is 3.83. The number of hydrogen-bond acceptors (Lipinski definition) is 8. The lowest BCUT2D eigenvalue weighted by molar-refractivity contribution is -0.133.